The molecule has 0 aliphatic rings. The van der Waals surface area contributed by atoms with E-state index in [0.29, 0.717) is 0 Å². The largest absolute Gasteiger partial charge is 0.480 e. The fourth-order valence-corrected chi connectivity index (χ4v) is 2.08. The van der Waals surface area contributed by atoms with Gasteiger partial charge in [-0.25, -0.2) is 4.79 Å². The lowest BCUT2D eigenvalue weighted by molar-refractivity contribution is -0.158. The second-order valence-electron chi connectivity index (χ2n) is 5.92. The molecule has 27 heavy (non-hydrogen) atoms. The number of benzene rings is 1. The van der Waals surface area contributed by atoms with Crippen molar-refractivity contribution in [2.24, 2.45) is 5.73 Å². The fourth-order valence-electron chi connectivity index (χ4n) is 2.08. The van der Waals surface area contributed by atoms with Crippen molar-refractivity contribution in [1.82, 2.24) is 4.90 Å². The van der Waals surface area contributed by atoms with Gasteiger partial charge in [0.2, 0.25) is 5.91 Å². The van der Waals surface area contributed by atoms with Gasteiger partial charge in [0.1, 0.15) is 13.2 Å². The SMILES string of the molecule is C[C@H](N)C(=O)N(C)[C@@H](COC(=O)CCC(=O)OCc1ccccc1)C(=O)O. The summed E-state index contributed by atoms with van der Waals surface area (Å²) in [4.78, 5) is 47.3. The molecule has 0 unspecified atom stereocenters. The van der Waals surface area contributed by atoms with Crippen LogP contribution in [0.4, 0.5) is 0 Å². The molecular formula is C18H24N2O7. The van der Waals surface area contributed by atoms with Crippen LogP contribution in [0.5, 0.6) is 0 Å². The Balaban J connectivity index is 2.38. The van der Waals surface area contributed by atoms with E-state index in [0.717, 1.165) is 10.5 Å². The summed E-state index contributed by atoms with van der Waals surface area (Å²) in [5, 5.41) is 9.18. The van der Waals surface area contributed by atoms with E-state index in [4.69, 9.17) is 15.2 Å². The van der Waals surface area contributed by atoms with E-state index in [1.807, 2.05) is 18.2 Å². The number of carboxylic acid groups (broad SMARTS) is 1. The third-order valence-corrected chi connectivity index (χ3v) is 3.67. The monoisotopic (exact) mass is 380 g/mol. The number of amides is 1. The summed E-state index contributed by atoms with van der Waals surface area (Å²) < 4.78 is 9.90. The van der Waals surface area contributed by atoms with Crippen LogP contribution in [0.15, 0.2) is 30.3 Å². The standard InChI is InChI=1S/C18H24N2O7/c1-12(19)17(23)20(2)14(18(24)25)11-27-16(22)9-8-15(21)26-10-13-6-4-3-5-7-13/h3-7,12,14H,8-11,19H2,1-2H3,(H,24,25)/t12-,14-/m0/s1. The normalized spacial score (nSPS) is 12.6. The van der Waals surface area contributed by atoms with E-state index < -0.39 is 42.5 Å². The minimum atomic E-state index is -1.36. The maximum absolute atomic E-state index is 11.8. The molecule has 3 N–H and O–H groups in total. The van der Waals surface area contributed by atoms with Crippen molar-refractivity contribution in [3.63, 3.8) is 0 Å². The Morgan fingerprint density at radius 2 is 1.63 bits per heavy atom. The van der Waals surface area contributed by atoms with Crippen molar-refractivity contribution in [3.8, 4) is 0 Å². The highest BCUT2D eigenvalue weighted by Gasteiger charge is 2.29. The number of hydrogen-bond donors (Lipinski definition) is 2. The molecule has 0 bridgehead atoms. The number of nitrogens with zero attached hydrogens (tertiary/aromatic N) is 1. The van der Waals surface area contributed by atoms with Crippen LogP contribution < -0.4 is 5.73 Å². The zero-order valence-electron chi connectivity index (χ0n) is 15.3. The molecule has 1 aromatic carbocycles. The van der Waals surface area contributed by atoms with E-state index in [2.05, 4.69) is 0 Å². The Kier molecular flexibility index (Phi) is 8.94. The molecule has 0 fully saturated rings. The highest BCUT2D eigenvalue weighted by Crippen LogP contribution is 2.05. The zero-order valence-corrected chi connectivity index (χ0v) is 15.3. The molecule has 0 radical (unpaired) electrons. The van der Waals surface area contributed by atoms with Gasteiger partial charge in [0.25, 0.3) is 0 Å². The average Bonchev–Trinajstić information content (AvgIpc) is 2.64. The maximum atomic E-state index is 11.8. The van der Waals surface area contributed by atoms with Crippen molar-refractivity contribution < 1.29 is 33.8 Å². The van der Waals surface area contributed by atoms with E-state index >= 15 is 0 Å². The van der Waals surface area contributed by atoms with Crippen LogP contribution in [-0.2, 0) is 35.3 Å². The average molecular weight is 380 g/mol. The van der Waals surface area contributed by atoms with Gasteiger partial charge < -0.3 is 25.2 Å². The smallest absolute Gasteiger partial charge is 0.330 e. The minimum absolute atomic E-state index is 0.0972. The maximum Gasteiger partial charge on any atom is 0.330 e. The number of esters is 2. The molecular weight excluding hydrogens is 356 g/mol. The predicted octanol–water partition coefficient (Wildman–Crippen LogP) is 0.312. The van der Waals surface area contributed by atoms with Crippen molar-refractivity contribution in [3.05, 3.63) is 35.9 Å². The van der Waals surface area contributed by atoms with Gasteiger partial charge in [-0.2, -0.15) is 0 Å². The summed E-state index contributed by atoms with van der Waals surface area (Å²) >= 11 is 0. The highest BCUT2D eigenvalue weighted by atomic mass is 16.5. The van der Waals surface area contributed by atoms with Crippen LogP contribution in [0.1, 0.15) is 25.3 Å². The summed E-state index contributed by atoms with van der Waals surface area (Å²) in [5.41, 5.74) is 6.26. The summed E-state index contributed by atoms with van der Waals surface area (Å²) in [7, 11) is 1.26. The molecule has 0 aliphatic heterocycles. The molecule has 2 atom stereocenters. The first-order valence-electron chi connectivity index (χ1n) is 8.32. The van der Waals surface area contributed by atoms with Crippen molar-refractivity contribution in [2.75, 3.05) is 13.7 Å². The van der Waals surface area contributed by atoms with Crippen LogP contribution in [0.3, 0.4) is 0 Å². The molecule has 1 rings (SSSR count). The van der Waals surface area contributed by atoms with Crippen LogP contribution in [-0.4, -0.2) is 59.6 Å². The number of rotatable bonds is 10. The lowest BCUT2D eigenvalue weighted by Crippen LogP contribution is -2.50. The van der Waals surface area contributed by atoms with Crippen molar-refractivity contribution in [1.29, 1.82) is 0 Å². The van der Waals surface area contributed by atoms with E-state index in [1.165, 1.54) is 14.0 Å². The Labute approximate surface area is 157 Å². The topological polar surface area (TPSA) is 136 Å². The first kappa shape index (κ1) is 22.1. The third kappa shape index (κ3) is 7.87. The van der Waals surface area contributed by atoms with E-state index in [1.54, 1.807) is 12.1 Å². The Bertz CT molecular complexity index is 661. The summed E-state index contributed by atoms with van der Waals surface area (Å²) in [5.74, 6) is -3.26. The highest BCUT2D eigenvalue weighted by molar-refractivity contribution is 5.86. The first-order chi connectivity index (χ1) is 12.7. The van der Waals surface area contributed by atoms with Gasteiger partial charge in [0.05, 0.1) is 18.9 Å². The van der Waals surface area contributed by atoms with Gasteiger partial charge in [-0.1, -0.05) is 30.3 Å². The number of aliphatic carboxylic acids is 1. The molecule has 1 amide bonds. The number of nitrogens with two attached hydrogens (primary N) is 1. The van der Waals surface area contributed by atoms with Gasteiger partial charge in [-0.3, -0.25) is 14.4 Å². The first-order valence-corrected chi connectivity index (χ1v) is 8.32. The van der Waals surface area contributed by atoms with Gasteiger partial charge in [0, 0.05) is 7.05 Å². The fraction of sp³-hybridized carbons (Fsp3) is 0.444. The van der Waals surface area contributed by atoms with Crippen LogP contribution in [0, 0.1) is 0 Å². The number of ether oxygens (including phenoxy) is 2. The lowest BCUT2D eigenvalue weighted by Gasteiger charge is -2.25. The molecule has 0 spiro atoms. The molecule has 148 valence electrons. The number of hydrogen-bond acceptors (Lipinski definition) is 7. The number of carbonyl (C=O) groups is 4. The molecule has 9 heteroatoms. The Morgan fingerprint density at radius 3 is 2.15 bits per heavy atom. The molecule has 1 aromatic rings. The Hall–Kier alpha value is -2.94. The van der Waals surface area contributed by atoms with Crippen LogP contribution >= 0.6 is 0 Å². The van der Waals surface area contributed by atoms with Gasteiger partial charge >= 0.3 is 17.9 Å². The van der Waals surface area contributed by atoms with Gasteiger partial charge in [-0.05, 0) is 12.5 Å². The van der Waals surface area contributed by atoms with Gasteiger partial charge in [-0.15, -0.1) is 0 Å². The second-order valence-corrected chi connectivity index (χ2v) is 5.92. The number of likely N-dealkylation sites (N-methyl/N-ethyl adjacent to an activating group) is 1. The molecule has 0 saturated carbocycles. The summed E-state index contributed by atoms with van der Waals surface area (Å²) in [6.07, 6.45) is -0.455. The quantitative estimate of drug-likeness (QED) is 0.554. The van der Waals surface area contributed by atoms with E-state index in [-0.39, 0.29) is 19.4 Å². The lowest BCUT2D eigenvalue weighted by atomic mass is 10.2. The molecule has 9 nitrogen and oxygen atoms in total. The summed E-state index contributed by atoms with van der Waals surface area (Å²) in [6.45, 7) is 0.979. The third-order valence-electron chi connectivity index (χ3n) is 3.67. The Morgan fingerprint density at radius 1 is 1.07 bits per heavy atom. The molecule has 0 heterocycles. The van der Waals surface area contributed by atoms with Gasteiger partial charge in [0.15, 0.2) is 6.04 Å². The molecule has 0 aromatic heterocycles. The summed E-state index contributed by atoms with van der Waals surface area (Å²) in [6, 6.07) is 6.81. The predicted molar refractivity (Wildman–Crippen MR) is 94.3 cm³/mol. The zero-order chi connectivity index (χ0) is 20.4. The van der Waals surface area contributed by atoms with Crippen molar-refractivity contribution in [2.45, 2.75) is 38.5 Å². The number of carbonyl (C=O) groups excluding carboxylic acids is 3. The molecule has 0 aliphatic carbocycles. The van der Waals surface area contributed by atoms with Crippen LogP contribution in [0.2, 0.25) is 0 Å². The number of carboxylic acids is 1. The van der Waals surface area contributed by atoms with E-state index in [9.17, 15) is 24.3 Å². The minimum Gasteiger partial charge on any atom is -0.480 e. The van der Waals surface area contributed by atoms with Crippen LogP contribution in [0.25, 0.3) is 0 Å². The molecule has 0 saturated heterocycles. The second kappa shape index (κ2) is 10.9. The van der Waals surface area contributed by atoms with Crippen molar-refractivity contribution >= 4 is 23.8 Å².